The normalized spacial score (nSPS) is 15.3. The molecule has 2 aromatic carbocycles. The van der Waals surface area contributed by atoms with E-state index in [-0.39, 0.29) is 11.8 Å². The second-order valence-corrected chi connectivity index (χ2v) is 5.58. The summed E-state index contributed by atoms with van der Waals surface area (Å²) in [5, 5.41) is 9.61. The summed E-state index contributed by atoms with van der Waals surface area (Å²) < 4.78 is 0. The number of para-hydroxylation sites is 1. The summed E-state index contributed by atoms with van der Waals surface area (Å²) in [6, 6.07) is 17.8. The highest BCUT2D eigenvalue weighted by Crippen LogP contribution is 2.20. The van der Waals surface area contributed by atoms with Gasteiger partial charge in [0.05, 0.1) is 0 Å². The highest BCUT2D eigenvalue weighted by Gasteiger charge is 2.20. The van der Waals surface area contributed by atoms with E-state index in [4.69, 9.17) is 0 Å². The van der Waals surface area contributed by atoms with Crippen LogP contribution in [-0.4, -0.2) is 19.0 Å². The fourth-order valence-electron chi connectivity index (χ4n) is 2.65. The van der Waals surface area contributed by atoms with Gasteiger partial charge in [0.15, 0.2) is 0 Å². The second-order valence-electron chi connectivity index (χ2n) is 5.58. The number of hydrogen-bond acceptors (Lipinski definition) is 3. The SMILES string of the molecule is O=C(Nc1ccc(Nc2ccccc2)cc1)C1CCNCC1. The molecule has 0 radical (unpaired) electrons. The van der Waals surface area contributed by atoms with E-state index < -0.39 is 0 Å². The van der Waals surface area contributed by atoms with Crippen molar-refractivity contribution in [2.75, 3.05) is 23.7 Å². The molecule has 1 amide bonds. The summed E-state index contributed by atoms with van der Waals surface area (Å²) in [4.78, 5) is 12.2. The Morgan fingerprint density at radius 1 is 0.864 bits per heavy atom. The van der Waals surface area contributed by atoms with Crippen LogP contribution >= 0.6 is 0 Å². The van der Waals surface area contributed by atoms with Gasteiger partial charge in [-0.1, -0.05) is 18.2 Å². The molecule has 22 heavy (non-hydrogen) atoms. The van der Waals surface area contributed by atoms with E-state index in [1.54, 1.807) is 0 Å². The van der Waals surface area contributed by atoms with Crippen molar-refractivity contribution in [1.82, 2.24) is 5.32 Å². The zero-order chi connectivity index (χ0) is 15.2. The molecule has 2 aromatic rings. The lowest BCUT2D eigenvalue weighted by Crippen LogP contribution is -2.34. The quantitative estimate of drug-likeness (QED) is 0.810. The van der Waals surface area contributed by atoms with Gasteiger partial charge in [-0.25, -0.2) is 0 Å². The van der Waals surface area contributed by atoms with Crippen LogP contribution in [0.1, 0.15) is 12.8 Å². The third-order valence-corrected chi connectivity index (χ3v) is 3.92. The minimum absolute atomic E-state index is 0.128. The van der Waals surface area contributed by atoms with Crippen molar-refractivity contribution in [2.45, 2.75) is 12.8 Å². The van der Waals surface area contributed by atoms with E-state index in [9.17, 15) is 4.79 Å². The van der Waals surface area contributed by atoms with Crippen molar-refractivity contribution in [2.24, 2.45) is 5.92 Å². The summed E-state index contributed by atoms with van der Waals surface area (Å²) >= 11 is 0. The average molecular weight is 295 g/mol. The van der Waals surface area contributed by atoms with E-state index >= 15 is 0 Å². The Balaban J connectivity index is 1.58. The number of carbonyl (C=O) groups is 1. The summed E-state index contributed by atoms with van der Waals surface area (Å²) in [6.07, 6.45) is 1.83. The molecular weight excluding hydrogens is 274 g/mol. The molecule has 1 heterocycles. The number of rotatable bonds is 4. The Hall–Kier alpha value is -2.33. The molecule has 1 saturated heterocycles. The Labute approximate surface area is 130 Å². The van der Waals surface area contributed by atoms with Crippen molar-refractivity contribution in [3.63, 3.8) is 0 Å². The zero-order valence-corrected chi connectivity index (χ0v) is 12.5. The largest absolute Gasteiger partial charge is 0.356 e. The van der Waals surface area contributed by atoms with Crippen LogP contribution in [0.25, 0.3) is 0 Å². The second kappa shape index (κ2) is 7.09. The summed E-state index contributed by atoms with van der Waals surface area (Å²) in [7, 11) is 0. The Morgan fingerprint density at radius 3 is 2.14 bits per heavy atom. The van der Waals surface area contributed by atoms with Gasteiger partial charge in [0.25, 0.3) is 0 Å². The zero-order valence-electron chi connectivity index (χ0n) is 12.5. The summed E-state index contributed by atoms with van der Waals surface area (Å²) in [5.74, 6) is 0.258. The minimum Gasteiger partial charge on any atom is -0.356 e. The molecule has 1 aliphatic heterocycles. The van der Waals surface area contributed by atoms with Gasteiger partial charge in [-0.05, 0) is 62.3 Å². The molecule has 3 rings (SSSR count). The van der Waals surface area contributed by atoms with E-state index in [0.29, 0.717) is 0 Å². The van der Waals surface area contributed by atoms with Crippen LogP contribution in [0.15, 0.2) is 54.6 Å². The maximum absolute atomic E-state index is 12.2. The number of benzene rings is 2. The molecule has 0 spiro atoms. The van der Waals surface area contributed by atoms with Crippen LogP contribution in [0.3, 0.4) is 0 Å². The molecule has 1 fully saturated rings. The molecule has 0 atom stereocenters. The molecule has 4 nitrogen and oxygen atoms in total. The summed E-state index contributed by atoms with van der Waals surface area (Å²) in [5.41, 5.74) is 2.90. The van der Waals surface area contributed by atoms with E-state index in [1.165, 1.54) is 0 Å². The highest BCUT2D eigenvalue weighted by molar-refractivity contribution is 5.92. The van der Waals surface area contributed by atoms with Crippen LogP contribution < -0.4 is 16.0 Å². The standard InChI is InChI=1S/C18H21N3O/c22-18(14-10-12-19-13-11-14)21-17-8-6-16(7-9-17)20-15-4-2-1-3-5-15/h1-9,14,19-20H,10-13H2,(H,21,22). The number of amides is 1. The van der Waals surface area contributed by atoms with Gasteiger partial charge in [0, 0.05) is 23.0 Å². The molecule has 114 valence electrons. The number of piperidine rings is 1. The number of hydrogen-bond donors (Lipinski definition) is 3. The number of anilines is 3. The van der Waals surface area contributed by atoms with Gasteiger partial charge in [-0.15, -0.1) is 0 Å². The fraction of sp³-hybridized carbons (Fsp3) is 0.278. The third-order valence-electron chi connectivity index (χ3n) is 3.92. The molecule has 0 aromatic heterocycles. The third kappa shape index (κ3) is 3.86. The summed E-state index contributed by atoms with van der Waals surface area (Å²) in [6.45, 7) is 1.86. The molecule has 0 aliphatic carbocycles. The van der Waals surface area contributed by atoms with Gasteiger partial charge >= 0.3 is 0 Å². The highest BCUT2D eigenvalue weighted by atomic mass is 16.1. The number of nitrogens with one attached hydrogen (secondary N) is 3. The van der Waals surface area contributed by atoms with E-state index in [1.807, 2.05) is 54.6 Å². The van der Waals surface area contributed by atoms with Crippen molar-refractivity contribution < 1.29 is 4.79 Å². The number of carbonyl (C=O) groups excluding carboxylic acids is 1. The first-order valence-electron chi connectivity index (χ1n) is 7.75. The maximum Gasteiger partial charge on any atom is 0.227 e. The van der Waals surface area contributed by atoms with Crippen molar-refractivity contribution in [1.29, 1.82) is 0 Å². The van der Waals surface area contributed by atoms with Crippen molar-refractivity contribution in [3.8, 4) is 0 Å². The molecule has 0 unspecified atom stereocenters. The Morgan fingerprint density at radius 2 is 1.45 bits per heavy atom. The van der Waals surface area contributed by atoms with Crippen molar-refractivity contribution >= 4 is 23.0 Å². The lowest BCUT2D eigenvalue weighted by Gasteiger charge is -2.21. The molecular formula is C18H21N3O. The topological polar surface area (TPSA) is 53.2 Å². The van der Waals surface area contributed by atoms with Gasteiger partial charge in [-0.2, -0.15) is 0 Å². The van der Waals surface area contributed by atoms with Crippen LogP contribution in [0, 0.1) is 5.92 Å². The van der Waals surface area contributed by atoms with Crippen LogP contribution in [0.2, 0.25) is 0 Å². The lowest BCUT2D eigenvalue weighted by molar-refractivity contribution is -0.120. The van der Waals surface area contributed by atoms with Crippen LogP contribution in [0.4, 0.5) is 17.1 Å². The molecule has 4 heteroatoms. The van der Waals surface area contributed by atoms with Crippen LogP contribution in [-0.2, 0) is 4.79 Å². The molecule has 3 N–H and O–H groups in total. The van der Waals surface area contributed by atoms with Gasteiger partial charge in [0.1, 0.15) is 0 Å². The first-order chi connectivity index (χ1) is 10.8. The van der Waals surface area contributed by atoms with Gasteiger partial charge in [0.2, 0.25) is 5.91 Å². The molecule has 1 aliphatic rings. The molecule has 0 bridgehead atoms. The Bertz CT molecular complexity index is 604. The first-order valence-corrected chi connectivity index (χ1v) is 7.75. The van der Waals surface area contributed by atoms with Crippen molar-refractivity contribution in [3.05, 3.63) is 54.6 Å². The van der Waals surface area contributed by atoms with E-state index in [2.05, 4.69) is 16.0 Å². The predicted octanol–water partition coefficient (Wildman–Crippen LogP) is 3.37. The Kier molecular flexibility index (Phi) is 4.71. The van der Waals surface area contributed by atoms with Crippen LogP contribution in [0.5, 0.6) is 0 Å². The predicted molar refractivity (Wildman–Crippen MR) is 90.4 cm³/mol. The molecule has 0 saturated carbocycles. The minimum atomic E-state index is 0.128. The fourth-order valence-corrected chi connectivity index (χ4v) is 2.65. The van der Waals surface area contributed by atoms with Gasteiger partial charge in [-0.3, -0.25) is 4.79 Å². The smallest absolute Gasteiger partial charge is 0.227 e. The van der Waals surface area contributed by atoms with Gasteiger partial charge < -0.3 is 16.0 Å². The monoisotopic (exact) mass is 295 g/mol. The van der Waals surface area contributed by atoms with E-state index in [0.717, 1.165) is 43.0 Å². The first kappa shape index (κ1) is 14.6. The lowest BCUT2D eigenvalue weighted by atomic mass is 9.97. The maximum atomic E-state index is 12.2. The average Bonchev–Trinajstić information content (AvgIpc) is 2.58.